The third kappa shape index (κ3) is 3.15. The summed E-state index contributed by atoms with van der Waals surface area (Å²) >= 11 is 0. The van der Waals surface area contributed by atoms with Gasteiger partial charge in [0.2, 0.25) is 0 Å². The minimum atomic E-state index is 0.0682. The Labute approximate surface area is 91.4 Å². The van der Waals surface area contributed by atoms with E-state index in [2.05, 4.69) is 23.9 Å². The number of hydrogen-bond donors (Lipinski definition) is 2. The Balaban J connectivity index is 2.83. The van der Waals surface area contributed by atoms with Crippen molar-refractivity contribution in [1.82, 2.24) is 10.4 Å². The molecule has 0 fully saturated rings. The van der Waals surface area contributed by atoms with Crippen LogP contribution in [0.4, 0.5) is 0 Å². The molecule has 82 valence electrons. The lowest BCUT2D eigenvalue weighted by molar-refractivity contribution is 0.529. The zero-order valence-corrected chi connectivity index (χ0v) is 9.46. The lowest BCUT2D eigenvalue weighted by Crippen LogP contribution is -2.29. The molecular formula is C12H19N3. The molecule has 0 aliphatic carbocycles. The number of pyridine rings is 1. The number of aromatic nitrogens is 1. The van der Waals surface area contributed by atoms with Crippen molar-refractivity contribution in [1.29, 1.82) is 0 Å². The molecule has 1 unspecified atom stereocenters. The molecule has 0 saturated carbocycles. The first-order valence-electron chi connectivity index (χ1n) is 5.23. The predicted octanol–water partition coefficient (Wildman–Crippen LogP) is 2.25. The highest BCUT2D eigenvalue weighted by Gasteiger charge is 2.13. The molecule has 1 aromatic rings. The zero-order chi connectivity index (χ0) is 11.3. The van der Waals surface area contributed by atoms with Gasteiger partial charge in [-0.05, 0) is 31.4 Å². The minimum absolute atomic E-state index is 0.0682. The fourth-order valence-corrected chi connectivity index (χ4v) is 1.53. The highest BCUT2D eigenvalue weighted by molar-refractivity contribution is 5.22. The Bertz CT molecular complexity index is 333. The molecule has 3 N–H and O–H groups in total. The van der Waals surface area contributed by atoms with Gasteiger partial charge in [0.15, 0.2) is 0 Å². The first kappa shape index (κ1) is 11.9. The monoisotopic (exact) mass is 205 g/mol. The molecule has 3 heteroatoms. The van der Waals surface area contributed by atoms with Crippen LogP contribution in [0.2, 0.25) is 0 Å². The van der Waals surface area contributed by atoms with Crippen LogP contribution in [0.25, 0.3) is 0 Å². The zero-order valence-electron chi connectivity index (χ0n) is 9.46. The maximum absolute atomic E-state index is 5.55. The molecule has 0 aliphatic rings. The van der Waals surface area contributed by atoms with E-state index in [9.17, 15) is 0 Å². The highest BCUT2D eigenvalue weighted by atomic mass is 15.2. The number of rotatable bonds is 5. The van der Waals surface area contributed by atoms with Crippen LogP contribution >= 0.6 is 0 Å². The van der Waals surface area contributed by atoms with Crippen LogP contribution < -0.4 is 11.3 Å². The van der Waals surface area contributed by atoms with Gasteiger partial charge in [-0.15, -0.1) is 0 Å². The number of nitrogens with two attached hydrogens (primary N) is 1. The van der Waals surface area contributed by atoms with Crippen molar-refractivity contribution in [2.75, 3.05) is 0 Å². The van der Waals surface area contributed by atoms with Crippen molar-refractivity contribution in [2.45, 2.75) is 32.7 Å². The third-order valence-electron chi connectivity index (χ3n) is 2.57. The predicted molar refractivity (Wildman–Crippen MR) is 63.1 cm³/mol. The Morgan fingerprint density at radius 2 is 2.40 bits per heavy atom. The van der Waals surface area contributed by atoms with Gasteiger partial charge in [0.1, 0.15) is 0 Å². The van der Waals surface area contributed by atoms with Gasteiger partial charge in [-0.3, -0.25) is 16.3 Å². The van der Waals surface area contributed by atoms with Gasteiger partial charge in [0, 0.05) is 6.20 Å². The normalized spacial score (nSPS) is 12.5. The molecule has 0 spiro atoms. The van der Waals surface area contributed by atoms with Crippen LogP contribution in [0.1, 0.15) is 37.1 Å². The van der Waals surface area contributed by atoms with E-state index < -0.39 is 0 Å². The number of aryl methyl sites for hydroxylation is 1. The Hall–Kier alpha value is -1.19. The average Bonchev–Trinajstić information content (AvgIpc) is 2.26. The van der Waals surface area contributed by atoms with Crippen LogP contribution in [0, 0.1) is 6.92 Å². The molecule has 15 heavy (non-hydrogen) atoms. The highest BCUT2D eigenvalue weighted by Crippen LogP contribution is 2.21. The van der Waals surface area contributed by atoms with Crippen molar-refractivity contribution >= 4 is 0 Å². The van der Waals surface area contributed by atoms with Gasteiger partial charge in [-0.2, -0.15) is 0 Å². The Morgan fingerprint density at radius 3 is 2.93 bits per heavy atom. The fraction of sp³-hybridized carbons (Fsp3) is 0.417. The first-order chi connectivity index (χ1) is 7.19. The molecule has 0 aromatic carbocycles. The molecule has 1 heterocycles. The summed E-state index contributed by atoms with van der Waals surface area (Å²) < 4.78 is 0. The van der Waals surface area contributed by atoms with E-state index >= 15 is 0 Å². The molecule has 0 radical (unpaired) electrons. The Morgan fingerprint density at radius 1 is 1.67 bits per heavy atom. The number of hydrogen-bond acceptors (Lipinski definition) is 3. The maximum atomic E-state index is 5.55. The van der Waals surface area contributed by atoms with Crippen molar-refractivity contribution < 1.29 is 0 Å². The van der Waals surface area contributed by atoms with E-state index in [4.69, 9.17) is 5.84 Å². The van der Waals surface area contributed by atoms with Gasteiger partial charge in [0.25, 0.3) is 0 Å². The van der Waals surface area contributed by atoms with Crippen LogP contribution in [0.15, 0.2) is 30.5 Å². The van der Waals surface area contributed by atoms with Gasteiger partial charge >= 0.3 is 0 Å². The SMILES string of the molecule is C=C(CC)CC(NN)c1ncccc1C. The quantitative estimate of drug-likeness (QED) is 0.440. The summed E-state index contributed by atoms with van der Waals surface area (Å²) in [5.41, 5.74) is 6.15. The van der Waals surface area contributed by atoms with Crippen LogP contribution in [-0.4, -0.2) is 4.98 Å². The number of nitrogens with zero attached hydrogens (tertiary/aromatic N) is 1. The Kier molecular flexibility index (Phi) is 4.46. The van der Waals surface area contributed by atoms with E-state index in [-0.39, 0.29) is 6.04 Å². The van der Waals surface area contributed by atoms with Gasteiger partial charge in [0.05, 0.1) is 11.7 Å². The molecule has 0 bridgehead atoms. The summed E-state index contributed by atoms with van der Waals surface area (Å²) in [5.74, 6) is 5.55. The van der Waals surface area contributed by atoms with Gasteiger partial charge < -0.3 is 0 Å². The molecular weight excluding hydrogens is 186 g/mol. The van der Waals surface area contributed by atoms with E-state index in [1.165, 1.54) is 5.57 Å². The first-order valence-corrected chi connectivity index (χ1v) is 5.23. The van der Waals surface area contributed by atoms with Crippen LogP contribution in [0.5, 0.6) is 0 Å². The lowest BCUT2D eigenvalue weighted by atomic mass is 10.0. The van der Waals surface area contributed by atoms with E-state index in [0.717, 1.165) is 24.1 Å². The molecule has 1 aromatic heterocycles. The summed E-state index contributed by atoms with van der Waals surface area (Å²) in [4.78, 5) is 4.35. The smallest absolute Gasteiger partial charge is 0.0671 e. The van der Waals surface area contributed by atoms with Gasteiger partial charge in [-0.25, -0.2) is 0 Å². The molecule has 0 amide bonds. The molecule has 0 saturated heterocycles. The second-order valence-electron chi connectivity index (χ2n) is 3.73. The van der Waals surface area contributed by atoms with Crippen LogP contribution in [-0.2, 0) is 0 Å². The summed E-state index contributed by atoms with van der Waals surface area (Å²) in [5, 5.41) is 0. The average molecular weight is 205 g/mol. The maximum Gasteiger partial charge on any atom is 0.0671 e. The minimum Gasteiger partial charge on any atom is -0.271 e. The van der Waals surface area contributed by atoms with E-state index in [0.29, 0.717) is 0 Å². The second-order valence-corrected chi connectivity index (χ2v) is 3.73. The largest absolute Gasteiger partial charge is 0.271 e. The number of nitrogens with one attached hydrogen (secondary N) is 1. The molecule has 3 nitrogen and oxygen atoms in total. The topological polar surface area (TPSA) is 50.9 Å². The van der Waals surface area contributed by atoms with E-state index in [1.807, 2.05) is 19.1 Å². The van der Waals surface area contributed by atoms with Crippen molar-refractivity contribution in [3.05, 3.63) is 41.7 Å². The summed E-state index contributed by atoms with van der Waals surface area (Å²) in [6.07, 6.45) is 3.61. The second kappa shape index (κ2) is 5.63. The third-order valence-corrected chi connectivity index (χ3v) is 2.57. The van der Waals surface area contributed by atoms with Crippen molar-refractivity contribution in [2.24, 2.45) is 5.84 Å². The molecule has 1 rings (SSSR count). The summed E-state index contributed by atoms with van der Waals surface area (Å²) in [6.45, 7) is 8.13. The molecule has 1 atom stereocenters. The molecule has 0 aliphatic heterocycles. The standard InChI is InChI=1S/C12H19N3/c1-4-9(2)8-11(15-13)12-10(3)6-5-7-14-12/h5-7,11,15H,2,4,8,13H2,1,3H3. The van der Waals surface area contributed by atoms with Gasteiger partial charge in [-0.1, -0.05) is 25.1 Å². The summed E-state index contributed by atoms with van der Waals surface area (Å²) in [6, 6.07) is 4.04. The van der Waals surface area contributed by atoms with Crippen molar-refractivity contribution in [3.8, 4) is 0 Å². The number of hydrazine groups is 1. The van der Waals surface area contributed by atoms with Crippen LogP contribution in [0.3, 0.4) is 0 Å². The van der Waals surface area contributed by atoms with Crippen molar-refractivity contribution in [3.63, 3.8) is 0 Å². The van der Waals surface area contributed by atoms with E-state index in [1.54, 1.807) is 6.20 Å². The lowest BCUT2D eigenvalue weighted by Gasteiger charge is -2.17. The summed E-state index contributed by atoms with van der Waals surface area (Å²) in [7, 11) is 0. The fourth-order valence-electron chi connectivity index (χ4n) is 1.53.